The van der Waals surface area contributed by atoms with Crippen molar-refractivity contribution in [1.29, 1.82) is 0 Å². The number of rotatable bonds is 4. The standard InChI is InChI=1S/C22H22Cl2N2/c23-20-11-9-17(10-12-20)22(26-14-21(24)25-15-26)19-8-4-7-18(13-19)16-5-2-1-3-6-16/h4,7-16,22H,1-3,5-6H2. The molecular weight excluding hydrogens is 363 g/mol. The summed E-state index contributed by atoms with van der Waals surface area (Å²) in [6, 6.07) is 17.1. The highest BCUT2D eigenvalue weighted by Gasteiger charge is 2.20. The van der Waals surface area contributed by atoms with Crippen LogP contribution in [0.4, 0.5) is 0 Å². The monoisotopic (exact) mass is 384 g/mol. The number of hydrogen-bond donors (Lipinski definition) is 0. The number of benzene rings is 2. The molecule has 2 aromatic carbocycles. The van der Waals surface area contributed by atoms with Gasteiger partial charge in [-0.1, -0.05) is 78.9 Å². The molecule has 26 heavy (non-hydrogen) atoms. The molecule has 1 unspecified atom stereocenters. The Labute approximate surface area is 164 Å². The van der Waals surface area contributed by atoms with E-state index >= 15 is 0 Å². The van der Waals surface area contributed by atoms with Crippen LogP contribution in [0.3, 0.4) is 0 Å². The molecule has 1 fully saturated rings. The molecule has 0 aliphatic heterocycles. The second kappa shape index (κ2) is 7.85. The lowest BCUT2D eigenvalue weighted by Crippen LogP contribution is -2.12. The van der Waals surface area contributed by atoms with Crippen LogP contribution in [0.15, 0.2) is 61.1 Å². The number of halogens is 2. The summed E-state index contributed by atoms with van der Waals surface area (Å²) in [5.41, 5.74) is 3.88. The molecule has 0 N–H and O–H groups in total. The summed E-state index contributed by atoms with van der Waals surface area (Å²) in [7, 11) is 0. The molecule has 1 saturated carbocycles. The highest BCUT2D eigenvalue weighted by Crippen LogP contribution is 2.35. The van der Waals surface area contributed by atoms with Crippen molar-refractivity contribution in [3.05, 3.63) is 87.9 Å². The smallest absolute Gasteiger partial charge is 0.147 e. The summed E-state index contributed by atoms with van der Waals surface area (Å²) in [6.07, 6.45) is 10.3. The van der Waals surface area contributed by atoms with Crippen LogP contribution in [0.25, 0.3) is 0 Å². The fraction of sp³-hybridized carbons (Fsp3) is 0.318. The van der Waals surface area contributed by atoms with E-state index in [1.54, 1.807) is 6.33 Å². The summed E-state index contributed by atoms with van der Waals surface area (Å²) in [5.74, 6) is 0.681. The van der Waals surface area contributed by atoms with Crippen molar-refractivity contribution < 1.29 is 0 Å². The minimum absolute atomic E-state index is 0.0378. The summed E-state index contributed by atoms with van der Waals surface area (Å²) >= 11 is 12.2. The molecule has 1 heterocycles. The van der Waals surface area contributed by atoms with Gasteiger partial charge in [0.1, 0.15) is 5.15 Å². The maximum Gasteiger partial charge on any atom is 0.147 e. The van der Waals surface area contributed by atoms with Gasteiger partial charge in [0, 0.05) is 11.2 Å². The molecule has 0 spiro atoms. The van der Waals surface area contributed by atoms with Crippen molar-refractivity contribution >= 4 is 23.2 Å². The van der Waals surface area contributed by atoms with Gasteiger partial charge >= 0.3 is 0 Å². The topological polar surface area (TPSA) is 17.8 Å². The maximum atomic E-state index is 6.10. The third-order valence-corrected chi connectivity index (χ3v) is 5.80. The van der Waals surface area contributed by atoms with Crippen LogP contribution in [0.1, 0.15) is 60.8 Å². The average molecular weight is 385 g/mol. The van der Waals surface area contributed by atoms with Crippen LogP contribution in [-0.4, -0.2) is 9.55 Å². The fourth-order valence-electron chi connectivity index (χ4n) is 4.05. The van der Waals surface area contributed by atoms with E-state index in [0.29, 0.717) is 11.1 Å². The second-order valence-electron chi connectivity index (χ2n) is 7.10. The Bertz CT molecular complexity index is 864. The molecule has 134 valence electrons. The minimum atomic E-state index is 0.0378. The van der Waals surface area contributed by atoms with E-state index in [9.17, 15) is 0 Å². The van der Waals surface area contributed by atoms with Gasteiger partial charge in [-0.3, -0.25) is 0 Å². The molecule has 0 bridgehead atoms. The molecule has 2 nitrogen and oxygen atoms in total. The third kappa shape index (κ3) is 3.82. The highest BCUT2D eigenvalue weighted by molar-refractivity contribution is 6.30. The minimum Gasteiger partial charge on any atom is -0.324 e. The molecule has 0 amide bonds. The molecule has 3 aromatic rings. The van der Waals surface area contributed by atoms with Gasteiger partial charge in [-0.2, -0.15) is 0 Å². The predicted molar refractivity (Wildman–Crippen MR) is 108 cm³/mol. The van der Waals surface area contributed by atoms with Crippen molar-refractivity contribution in [2.24, 2.45) is 0 Å². The second-order valence-corrected chi connectivity index (χ2v) is 7.93. The third-order valence-electron chi connectivity index (χ3n) is 5.36. The first-order chi connectivity index (χ1) is 12.7. The SMILES string of the molecule is Clc1ccc(C(c2cccc(C3CCCCC3)c2)n2cnc(Cl)c2)cc1. The molecule has 1 aliphatic rings. The lowest BCUT2D eigenvalue weighted by atomic mass is 9.83. The van der Waals surface area contributed by atoms with Crippen LogP contribution < -0.4 is 0 Å². The Morgan fingerprint density at radius 1 is 0.923 bits per heavy atom. The quantitative estimate of drug-likeness (QED) is 0.479. The molecule has 4 heteroatoms. The zero-order chi connectivity index (χ0) is 17.9. The Hall–Kier alpha value is -1.77. The Balaban J connectivity index is 1.75. The van der Waals surface area contributed by atoms with Gasteiger partial charge in [0.25, 0.3) is 0 Å². The fourth-order valence-corrected chi connectivity index (χ4v) is 4.34. The van der Waals surface area contributed by atoms with Crippen LogP contribution >= 0.6 is 23.2 Å². The molecular formula is C22H22Cl2N2. The van der Waals surface area contributed by atoms with Crippen molar-refractivity contribution in [3.8, 4) is 0 Å². The van der Waals surface area contributed by atoms with E-state index in [1.165, 1.54) is 48.8 Å². The lowest BCUT2D eigenvalue weighted by Gasteiger charge is -2.25. The van der Waals surface area contributed by atoms with E-state index in [0.717, 1.165) is 5.02 Å². The van der Waals surface area contributed by atoms with E-state index in [4.69, 9.17) is 23.2 Å². The van der Waals surface area contributed by atoms with Crippen LogP contribution in [0, 0.1) is 0 Å². The number of hydrogen-bond acceptors (Lipinski definition) is 1. The summed E-state index contributed by atoms with van der Waals surface area (Å²) in [4.78, 5) is 4.22. The normalized spacial score (nSPS) is 16.5. The Morgan fingerprint density at radius 3 is 2.38 bits per heavy atom. The molecule has 0 saturated heterocycles. The van der Waals surface area contributed by atoms with Gasteiger partial charge in [0.15, 0.2) is 0 Å². The maximum absolute atomic E-state index is 6.10. The van der Waals surface area contributed by atoms with Crippen molar-refractivity contribution in [2.75, 3.05) is 0 Å². The number of imidazole rings is 1. The van der Waals surface area contributed by atoms with Gasteiger partial charge in [-0.15, -0.1) is 0 Å². The summed E-state index contributed by atoms with van der Waals surface area (Å²) < 4.78 is 2.07. The first-order valence-corrected chi connectivity index (χ1v) is 10.0. The van der Waals surface area contributed by atoms with Gasteiger partial charge in [-0.25, -0.2) is 4.98 Å². The average Bonchev–Trinajstić information content (AvgIpc) is 3.10. The predicted octanol–water partition coefficient (Wildman–Crippen LogP) is 6.88. The van der Waals surface area contributed by atoms with Gasteiger partial charge < -0.3 is 4.57 Å². The lowest BCUT2D eigenvalue weighted by molar-refractivity contribution is 0.443. The Kier molecular flexibility index (Phi) is 5.33. The van der Waals surface area contributed by atoms with Gasteiger partial charge in [0.2, 0.25) is 0 Å². The zero-order valence-corrected chi connectivity index (χ0v) is 16.1. The largest absolute Gasteiger partial charge is 0.324 e. The molecule has 1 atom stereocenters. The molecule has 1 aliphatic carbocycles. The summed E-state index contributed by atoms with van der Waals surface area (Å²) in [5, 5.41) is 1.25. The zero-order valence-electron chi connectivity index (χ0n) is 14.6. The van der Waals surface area contributed by atoms with E-state index in [1.807, 2.05) is 18.3 Å². The molecule has 4 rings (SSSR count). The van der Waals surface area contributed by atoms with Gasteiger partial charge in [-0.05, 0) is 47.6 Å². The van der Waals surface area contributed by atoms with E-state index in [2.05, 4.69) is 45.9 Å². The van der Waals surface area contributed by atoms with Crippen molar-refractivity contribution in [3.63, 3.8) is 0 Å². The molecule has 0 radical (unpaired) electrons. The van der Waals surface area contributed by atoms with Crippen molar-refractivity contribution in [2.45, 2.75) is 44.1 Å². The summed E-state index contributed by atoms with van der Waals surface area (Å²) in [6.45, 7) is 0. The van der Waals surface area contributed by atoms with Crippen LogP contribution in [0.2, 0.25) is 10.2 Å². The Morgan fingerprint density at radius 2 is 1.69 bits per heavy atom. The first-order valence-electron chi connectivity index (χ1n) is 9.25. The van der Waals surface area contributed by atoms with Gasteiger partial charge in [0.05, 0.1) is 12.4 Å². The van der Waals surface area contributed by atoms with E-state index in [-0.39, 0.29) is 6.04 Å². The van der Waals surface area contributed by atoms with Crippen molar-refractivity contribution in [1.82, 2.24) is 9.55 Å². The number of nitrogens with zero attached hydrogens (tertiary/aromatic N) is 2. The van der Waals surface area contributed by atoms with E-state index < -0.39 is 0 Å². The first kappa shape index (κ1) is 17.6. The number of aromatic nitrogens is 2. The van der Waals surface area contributed by atoms with Crippen LogP contribution in [0.5, 0.6) is 0 Å². The van der Waals surface area contributed by atoms with Crippen LogP contribution in [-0.2, 0) is 0 Å². The highest BCUT2D eigenvalue weighted by atomic mass is 35.5. The molecule has 1 aromatic heterocycles.